The summed E-state index contributed by atoms with van der Waals surface area (Å²) in [6.45, 7) is 4.83. The summed E-state index contributed by atoms with van der Waals surface area (Å²) in [6.07, 6.45) is 5.53. The van der Waals surface area contributed by atoms with Crippen molar-refractivity contribution in [3.8, 4) is 0 Å². The van der Waals surface area contributed by atoms with Crippen LogP contribution in [0, 0.1) is 5.92 Å². The zero-order valence-electron chi connectivity index (χ0n) is 14.0. The Kier molecular flexibility index (Phi) is 4.99. The van der Waals surface area contributed by atoms with Crippen molar-refractivity contribution >= 4 is 11.8 Å². The standard InChI is InChI=1S/C19H26N2O2/c1-2-3-4-15-5-7-16(8-6-15)18(22)20-11-13-21(14-12-20)19(23)17-9-10-17/h5-8,17H,2-4,9-14H2,1H3. The van der Waals surface area contributed by atoms with E-state index in [1.165, 1.54) is 18.4 Å². The number of carbonyl (C=O) groups is 2. The molecule has 1 aliphatic carbocycles. The summed E-state index contributed by atoms with van der Waals surface area (Å²) in [5.74, 6) is 0.649. The van der Waals surface area contributed by atoms with Crippen LogP contribution >= 0.6 is 0 Å². The molecule has 124 valence electrons. The molecule has 0 aromatic heterocycles. The van der Waals surface area contributed by atoms with Crippen LogP contribution in [0.4, 0.5) is 0 Å². The first-order chi connectivity index (χ1) is 11.2. The van der Waals surface area contributed by atoms with Crippen LogP contribution in [0.1, 0.15) is 48.5 Å². The van der Waals surface area contributed by atoms with E-state index in [0.717, 1.165) is 24.8 Å². The van der Waals surface area contributed by atoms with Gasteiger partial charge in [0.1, 0.15) is 0 Å². The molecule has 1 saturated carbocycles. The van der Waals surface area contributed by atoms with Crippen LogP contribution in [0.5, 0.6) is 0 Å². The fourth-order valence-electron chi connectivity index (χ4n) is 3.10. The summed E-state index contributed by atoms with van der Waals surface area (Å²) >= 11 is 0. The molecule has 2 amide bonds. The third-order valence-electron chi connectivity index (χ3n) is 4.83. The molecule has 0 unspecified atom stereocenters. The molecule has 0 N–H and O–H groups in total. The zero-order chi connectivity index (χ0) is 16.2. The van der Waals surface area contributed by atoms with Crippen molar-refractivity contribution < 1.29 is 9.59 Å². The second kappa shape index (κ2) is 7.16. The lowest BCUT2D eigenvalue weighted by atomic mass is 10.1. The highest BCUT2D eigenvalue weighted by molar-refractivity contribution is 5.94. The average Bonchev–Trinajstić information content (AvgIpc) is 3.44. The van der Waals surface area contributed by atoms with Crippen molar-refractivity contribution in [3.63, 3.8) is 0 Å². The monoisotopic (exact) mass is 314 g/mol. The average molecular weight is 314 g/mol. The SMILES string of the molecule is CCCCc1ccc(C(=O)N2CCN(C(=O)C3CC3)CC2)cc1. The van der Waals surface area contributed by atoms with Crippen LogP contribution < -0.4 is 0 Å². The molecule has 2 aliphatic rings. The Morgan fingerprint density at radius 1 is 1.00 bits per heavy atom. The molecule has 3 rings (SSSR count). The van der Waals surface area contributed by atoms with E-state index in [2.05, 4.69) is 19.1 Å². The van der Waals surface area contributed by atoms with E-state index in [-0.39, 0.29) is 17.7 Å². The number of carbonyl (C=O) groups excluding carboxylic acids is 2. The van der Waals surface area contributed by atoms with E-state index in [1.54, 1.807) is 0 Å². The molecule has 1 aromatic carbocycles. The van der Waals surface area contributed by atoms with E-state index in [0.29, 0.717) is 26.2 Å². The highest BCUT2D eigenvalue weighted by Gasteiger charge is 2.35. The van der Waals surface area contributed by atoms with E-state index in [1.807, 2.05) is 21.9 Å². The van der Waals surface area contributed by atoms with Crippen LogP contribution in [-0.2, 0) is 11.2 Å². The van der Waals surface area contributed by atoms with E-state index < -0.39 is 0 Å². The molecular formula is C19H26N2O2. The van der Waals surface area contributed by atoms with E-state index in [9.17, 15) is 9.59 Å². The van der Waals surface area contributed by atoms with Gasteiger partial charge in [0.2, 0.25) is 5.91 Å². The van der Waals surface area contributed by atoms with Gasteiger partial charge >= 0.3 is 0 Å². The maximum Gasteiger partial charge on any atom is 0.253 e. The van der Waals surface area contributed by atoms with Gasteiger partial charge in [-0.3, -0.25) is 9.59 Å². The molecule has 23 heavy (non-hydrogen) atoms. The Bertz CT molecular complexity index is 555. The number of benzene rings is 1. The summed E-state index contributed by atoms with van der Waals surface area (Å²) in [5, 5.41) is 0. The second-order valence-corrected chi connectivity index (χ2v) is 6.69. The van der Waals surface area contributed by atoms with Gasteiger partial charge in [-0.25, -0.2) is 0 Å². The lowest BCUT2D eigenvalue weighted by Crippen LogP contribution is -2.51. The summed E-state index contributed by atoms with van der Waals surface area (Å²) in [5.41, 5.74) is 2.05. The molecule has 2 fully saturated rings. The first-order valence-corrected chi connectivity index (χ1v) is 8.86. The van der Waals surface area contributed by atoms with Crippen LogP contribution in [0.3, 0.4) is 0 Å². The first-order valence-electron chi connectivity index (χ1n) is 8.86. The Morgan fingerprint density at radius 2 is 1.61 bits per heavy atom. The van der Waals surface area contributed by atoms with Gasteiger partial charge in [-0.2, -0.15) is 0 Å². The van der Waals surface area contributed by atoms with Gasteiger partial charge in [-0.1, -0.05) is 25.5 Å². The molecule has 4 heteroatoms. The third-order valence-corrected chi connectivity index (χ3v) is 4.83. The third kappa shape index (κ3) is 3.92. The molecule has 0 bridgehead atoms. The number of piperazine rings is 1. The molecule has 0 spiro atoms. The summed E-state index contributed by atoms with van der Waals surface area (Å²) in [4.78, 5) is 28.4. The van der Waals surface area contributed by atoms with Crippen molar-refractivity contribution in [1.82, 2.24) is 9.80 Å². The van der Waals surface area contributed by atoms with E-state index >= 15 is 0 Å². The van der Waals surface area contributed by atoms with Gasteiger partial charge in [-0.15, -0.1) is 0 Å². The smallest absolute Gasteiger partial charge is 0.253 e. The van der Waals surface area contributed by atoms with Crippen molar-refractivity contribution in [1.29, 1.82) is 0 Å². The highest BCUT2D eigenvalue weighted by Crippen LogP contribution is 2.31. The van der Waals surface area contributed by atoms with Gasteiger partial charge in [0.25, 0.3) is 5.91 Å². The predicted octanol–water partition coefficient (Wildman–Crippen LogP) is 2.72. The predicted molar refractivity (Wildman–Crippen MR) is 90.3 cm³/mol. The fourth-order valence-corrected chi connectivity index (χ4v) is 3.10. The van der Waals surface area contributed by atoms with Gasteiger partial charge in [0.05, 0.1) is 0 Å². The number of unbranched alkanes of at least 4 members (excludes halogenated alkanes) is 1. The quantitative estimate of drug-likeness (QED) is 0.838. The molecule has 1 heterocycles. The van der Waals surface area contributed by atoms with Gasteiger partial charge in [0.15, 0.2) is 0 Å². The normalized spacial score (nSPS) is 18.1. The van der Waals surface area contributed by atoms with Crippen LogP contribution in [0.2, 0.25) is 0 Å². The van der Waals surface area contributed by atoms with Crippen molar-refractivity contribution in [2.45, 2.75) is 39.0 Å². The van der Waals surface area contributed by atoms with Crippen molar-refractivity contribution in [2.24, 2.45) is 5.92 Å². The Hall–Kier alpha value is -1.84. The number of amides is 2. The summed E-state index contributed by atoms with van der Waals surface area (Å²) in [6, 6.07) is 8.01. The number of aryl methyl sites for hydroxylation is 1. The number of hydrogen-bond acceptors (Lipinski definition) is 2. The van der Waals surface area contributed by atoms with Crippen LogP contribution in [0.15, 0.2) is 24.3 Å². The summed E-state index contributed by atoms with van der Waals surface area (Å²) in [7, 11) is 0. The molecule has 4 nitrogen and oxygen atoms in total. The van der Waals surface area contributed by atoms with Gasteiger partial charge < -0.3 is 9.80 Å². The van der Waals surface area contributed by atoms with Gasteiger partial charge in [0, 0.05) is 37.7 Å². The lowest BCUT2D eigenvalue weighted by molar-refractivity contribution is -0.134. The maximum atomic E-state index is 12.6. The van der Waals surface area contributed by atoms with E-state index in [4.69, 9.17) is 0 Å². The number of hydrogen-bond donors (Lipinski definition) is 0. The minimum Gasteiger partial charge on any atom is -0.339 e. The van der Waals surface area contributed by atoms with Gasteiger partial charge in [-0.05, 0) is 43.4 Å². The lowest BCUT2D eigenvalue weighted by Gasteiger charge is -2.35. The summed E-state index contributed by atoms with van der Waals surface area (Å²) < 4.78 is 0. The molecule has 1 aliphatic heterocycles. The van der Waals surface area contributed by atoms with Crippen molar-refractivity contribution in [3.05, 3.63) is 35.4 Å². The Balaban J connectivity index is 1.53. The molecule has 1 saturated heterocycles. The second-order valence-electron chi connectivity index (χ2n) is 6.69. The minimum absolute atomic E-state index is 0.0885. The molecular weight excluding hydrogens is 288 g/mol. The highest BCUT2D eigenvalue weighted by atomic mass is 16.2. The Morgan fingerprint density at radius 3 is 2.17 bits per heavy atom. The molecule has 0 atom stereocenters. The minimum atomic E-state index is 0.0885. The molecule has 0 radical (unpaired) electrons. The zero-order valence-corrected chi connectivity index (χ0v) is 14.0. The fraction of sp³-hybridized carbons (Fsp3) is 0.579. The Labute approximate surface area is 138 Å². The topological polar surface area (TPSA) is 40.6 Å². The number of nitrogens with zero attached hydrogens (tertiary/aromatic N) is 2. The van der Waals surface area contributed by atoms with Crippen LogP contribution in [-0.4, -0.2) is 47.8 Å². The number of rotatable bonds is 5. The first kappa shape index (κ1) is 16.0. The largest absolute Gasteiger partial charge is 0.339 e. The van der Waals surface area contributed by atoms with Crippen molar-refractivity contribution in [2.75, 3.05) is 26.2 Å². The molecule has 1 aromatic rings. The maximum absolute atomic E-state index is 12.6. The van der Waals surface area contributed by atoms with Crippen LogP contribution in [0.25, 0.3) is 0 Å².